The lowest BCUT2D eigenvalue weighted by Crippen LogP contribution is -2.30. The molecule has 392 valence electrons. The summed E-state index contributed by atoms with van der Waals surface area (Å²) in [5.41, 5.74) is 0. The number of ether oxygens (including phenoxy) is 3. The number of rotatable bonds is 50. The maximum Gasteiger partial charge on any atom is 0.306 e. The third kappa shape index (κ3) is 54.9. The molecule has 0 amide bonds. The summed E-state index contributed by atoms with van der Waals surface area (Å²) in [6.45, 7) is 6.48. The highest BCUT2D eigenvalue weighted by atomic mass is 16.6. The van der Waals surface area contributed by atoms with E-state index in [1.54, 1.807) is 0 Å². The molecule has 0 aromatic carbocycles. The lowest BCUT2D eigenvalue weighted by atomic mass is 10.1. The second-order valence-corrected chi connectivity index (χ2v) is 18.5. The molecule has 1 atom stereocenters. The van der Waals surface area contributed by atoms with Gasteiger partial charge < -0.3 is 14.2 Å². The van der Waals surface area contributed by atoms with Crippen LogP contribution in [0.15, 0.2) is 109 Å². The van der Waals surface area contributed by atoms with Gasteiger partial charge in [-0.1, -0.05) is 226 Å². The molecule has 0 spiro atoms. The van der Waals surface area contributed by atoms with Gasteiger partial charge in [0, 0.05) is 19.3 Å². The summed E-state index contributed by atoms with van der Waals surface area (Å²) in [6.07, 6.45) is 76.6. The molecule has 0 saturated heterocycles. The van der Waals surface area contributed by atoms with Crippen molar-refractivity contribution in [2.75, 3.05) is 13.2 Å². The van der Waals surface area contributed by atoms with Crippen LogP contribution >= 0.6 is 0 Å². The molecule has 0 radical (unpaired) electrons. The maximum absolute atomic E-state index is 12.8. The van der Waals surface area contributed by atoms with Crippen LogP contribution in [0.1, 0.15) is 252 Å². The quantitative estimate of drug-likeness (QED) is 0.0262. The summed E-state index contributed by atoms with van der Waals surface area (Å²) in [5, 5.41) is 0. The van der Waals surface area contributed by atoms with Crippen molar-refractivity contribution < 1.29 is 28.6 Å². The van der Waals surface area contributed by atoms with Crippen LogP contribution in [-0.2, 0) is 28.6 Å². The third-order valence-electron chi connectivity index (χ3n) is 11.7. The Bertz CT molecular complexity index is 1420. The molecular formula is C63H104O6. The van der Waals surface area contributed by atoms with Gasteiger partial charge in [-0.05, 0) is 116 Å². The van der Waals surface area contributed by atoms with Gasteiger partial charge in [0.2, 0.25) is 0 Å². The van der Waals surface area contributed by atoms with Crippen LogP contribution < -0.4 is 0 Å². The molecule has 0 bridgehead atoms. The number of allylic oxidation sites excluding steroid dienone is 18. The zero-order valence-corrected chi connectivity index (χ0v) is 44.8. The maximum atomic E-state index is 12.8. The Kier molecular flexibility index (Phi) is 53.4. The average molecular weight is 958 g/mol. The second-order valence-electron chi connectivity index (χ2n) is 18.5. The number of hydrogen-bond donors (Lipinski definition) is 0. The molecule has 0 aliphatic rings. The van der Waals surface area contributed by atoms with Crippen molar-refractivity contribution in [1.82, 2.24) is 0 Å². The average Bonchev–Trinajstić information content (AvgIpc) is 3.35. The van der Waals surface area contributed by atoms with E-state index < -0.39 is 12.1 Å². The van der Waals surface area contributed by atoms with Gasteiger partial charge in [-0.2, -0.15) is 0 Å². The molecule has 0 rings (SSSR count). The second kappa shape index (κ2) is 56.7. The highest BCUT2D eigenvalue weighted by Gasteiger charge is 2.19. The van der Waals surface area contributed by atoms with E-state index in [0.29, 0.717) is 19.3 Å². The number of hydrogen-bond acceptors (Lipinski definition) is 6. The SMILES string of the molecule is CCCCC/C=C\C/C=C\C/C=C\C/C=C\C/C=C\CCC(=O)O[C@H](COC(=O)CCC/C=C\C/C=C\C/C=C\CCCCCCCC)COC(=O)CCCCCCC/C=C\CCCCCCCC. The Balaban J connectivity index is 4.60. The van der Waals surface area contributed by atoms with Crippen molar-refractivity contribution in [1.29, 1.82) is 0 Å². The predicted molar refractivity (Wildman–Crippen MR) is 297 cm³/mol. The Morgan fingerprint density at radius 3 is 0.971 bits per heavy atom. The number of carbonyl (C=O) groups is 3. The Hall–Kier alpha value is -3.93. The highest BCUT2D eigenvalue weighted by Crippen LogP contribution is 2.12. The Morgan fingerprint density at radius 2 is 0.565 bits per heavy atom. The first-order valence-electron chi connectivity index (χ1n) is 28.4. The smallest absolute Gasteiger partial charge is 0.306 e. The van der Waals surface area contributed by atoms with Crippen LogP contribution in [0.5, 0.6) is 0 Å². The minimum atomic E-state index is -0.843. The van der Waals surface area contributed by atoms with Crippen molar-refractivity contribution >= 4 is 17.9 Å². The van der Waals surface area contributed by atoms with E-state index in [0.717, 1.165) is 77.0 Å². The minimum absolute atomic E-state index is 0.129. The molecule has 0 heterocycles. The van der Waals surface area contributed by atoms with E-state index in [4.69, 9.17) is 14.2 Å². The highest BCUT2D eigenvalue weighted by molar-refractivity contribution is 5.71. The fourth-order valence-electron chi connectivity index (χ4n) is 7.43. The molecule has 0 aliphatic heterocycles. The van der Waals surface area contributed by atoms with E-state index in [1.807, 2.05) is 12.2 Å². The van der Waals surface area contributed by atoms with Gasteiger partial charge in [-0.25, -0.2) is 0 Å². The molecule has 69 heavy (non-hydrogen) atoms. The van der Waals surface area contributed by atoms with Crippen molar-refractivity contribution in [2.24, 2.45) is 0 Å². The van der Waals surface area contributed by atoms with Crippen molar-refractivity contribution in [3.63, 3.8) is 0 Å². The van der Waals surface area contributed by atoms with Crippen molar-refractivity contribution in [2.45, 2.75) is 258 Å². The molecule has 6 nitrogen and oxygen atoms in total. The summed E-state index contributed by atoms with van der Waals surface area (Å²) in [7, 11) is 0. The molecule has 0 aliphatic carbocycles. The summed E-state index contributed by atoms with van der Waals surface area (Å²) >= 11 is 0. The van der Waals surface area contributed by atoms with Crippen molar-refractivity contribution in [3.8, 4) is 0 Å². The van der Waals surface area contributed by atoms with Gasteiger partial charge in [-0.3, -0.25) is 14.4 Å². The van der Waals surface area contributed by atoms with Crippen LogP contribution in [-0.4, -0.2) is 37.2 Å². The van der Waals surface area contributed by atoms with E-state index >= 15 is 0 Å². The standard InChI is InChI=1S/C63H104O6/c1-4-7-10-13-16-19-22-25-28-30-31-33-36-39-42-45-48-51-54-57-63(66)69-60(58-67-61(64)55-52-49-46-43-40-37-34-27-24-21-18-15-12-9-6-3)59-68-62(65)56-53-50-47-44-41-38-35-32-29-26-23-20-17-14-11-8-5-2/h16,19,25-29,31,33-35,38-39,42,44,47-48,51,60H,4-15,17-18,20-24,30,32,36-37,40-41,43,45-46,49-50,52-59H2,1-3H3/b19-16-,28-25-,29-26-,33-31-,34-27-,38-35-,42-39-,47-44-,51-48-/t60-/m0/s1. The normalized spacial score (nSPS) is 12.9. The minimum Gasteiger partial charge on any atom is -0.462 e. The zero-order chi connectivity index (χ0) is 50.0. The monoisotopic (exact) mass is 957 g/mol. The van der Waals surface area contributed by atoms with Gasteiger partial charge >= 0.3 is 17.9 Å². The molecule has 0 unspecified atom stereocenters. The fourth-order valence-corrected chi connectivity index (χ4v) is 7.43. The van der Waals surface area contributed by atoms with Crippen molar-refractivity contribution in [3.05, 3.63) is 109 Å². The topological polar surface area (TPSA) is 78.9 Å². The number of carbonyl (C=O) groups excluding carboxylic acids is 3. The molecule has 0 aromatic rings. The first-order chi connectivity index (χ1) is 34.0. The first-order valence-corrected chi connectivity index (χ1v) is 28.4. The van der Waals surface area contributed by atoms with Gasteiger partial charge in [0.1, 0.15) is 13.2 Å². The molecule has 0 fully saturated rings. The third-order valence-corrected chi connectivity index (χ3v) is 11.7. The Labute approximate surface area is 425 Å². The molecule has 0 saturated carbocycles. The van der Waals surface area contributed by atoms with E-state index in [-0.39, 0.29) is 38.0 Å². The summed E-state index contributed by atoms with van der Waals surface area (Å²) in [6, 6.07) is 0. The largest absolute Gasteiger partial charge is 0.462 e. The number of unbranched alkanes of at least 4 members (excludes halogenated alkanes) is 21. The van der Waals surface area contributed by atoms with Gasteiger partial charge in [0.05, 0.1) is 0 Å². The van der Waals surface area contributed by atoms with Crippen LogP contribution in [0, 0.1) is 0 Å². The van der Waals surface area contributed by atoms with Crippen LogP contribution in [0.2, 0.25) is 0 Å². The van der Waals surface area contributed by atoms with E-state index in [1.165, 1.54) is 122 Å². The Morgan fingerprint density at radius 1 is 0.290 bits per heavy atom. The van der Waals surface area contributed by atoms with Gasteiger partial charge in [-0.15, -0.1) is 0 Å². The summed E-state index contributed by atoms with van der Waals surface area (Å²) in [5.74, 6) is -1.08. The fraction of sp³-hybridized carbons (Fsp3) is 0.667. The lowest BCUT2D eigenvalue weighted by Gasteiger charge is -2.18. The van der Waals surface area contributed by atoms with Crippen LogP contribution in [0.3, 0.4) is 0 Å². The zero-order valence-electron chi connectivity index (χ0n) is 44.8. The number of esters is 3. The van der Waals surface area contributed by atoms with Crippen LogP contribution in [0.4, 0.5) is 0 Å². The predicted octanol–water partition coefficient (Wildman–Crippen LogP) is 19.1. The van der Waals surface area contributed by atoms with Crippen LogP contribution in [0.25, 0.3) is 0 Å². The summed E-state index contributed by atoms with van der Waals surface area (Å²) in [4.78, 5) is 38.1. The summed E-state index contributed by atoms with van der Waals surface area (Å²) < 4.78 is 16.7. The van der Waals surface area contributed by atoms with E-state index in [2.05, 4.69) is 118 Å². The molecule has 0 N–H and O–H groups in total. The molecule has 6 heteroatoms. The van der Waals surface area contributed by atoms with Gasteiger partial charge in [0.15, 0.2) is 6.10 Å². The molecule has 0 aromatic heterocycles. The van der Waals surface area contributed by atoms with Gasteiger partial charge in [0.25, 0.3) is 0 Å². The lowest BCUT2D eigenvalue weighted by molar-refractivity contribution is -0.166. The molecular weight excluding hydrogens is 853 g/mol. The first kappa shape index (κ1) is 65.1. The van der Waals surface area contributed by atoms with E-state index in [9.17, 15) is 14.4 Å².